The lowest BCUT2D eigenvalue weighted by atomic mass is 9.92. The molecular weight excluding hydrogens is 246 g/mol. The predicted molar refractivity (Wildman–Crippen MR) is 67.9 cm³/mol. The van der Waals surface area contributed by atoms with E-state index in [1.54, 1.807) is 7.11 Å². The second kappa shape index (κ2) is 5.56. The first-order valence-corrected chi connectivity index (χ1v) is 7.02. The van der Waals surface area contributed by atoms with E-state index in [2.05, 4.69) is 15.5 Å². The van der Waals surface area contributed by atoms with Crippen LogP contribution in [0.1, 0.15) is 43.3 Å². The molecule has 0 unspecified atom stereocenters. The van der Waals surface area contributed by atoms with Crippen LogP contribution in [0.4, 0.5) is 0 Å². The van der Waals surface area contributed by atoms with Gasteiger partial charge in [-0.1, -0.05) is 5.16 Å². The van der Waals surface area contributed by atoms with E-state index in [9.17, 15) is 0 Å². The Labute approximate surface area is 112 Å². The number of rotatable bonds is 3. The minimum Gasteiger partial charge on any atom is -0.381 e. The fourth-order valence-electron chi connectivity index (χ4n) is 2.88. The van der Waals surface area contributed by atoms with Crippen molar-refractivity contribution >= 4 is 0 Å². The molecule has 2 aliphatic rings. The van der Waals surface area contributed by atoms with Crippen molar-refractivity contribution in [3.05, 3.63) is 11.7 Å². The van der Waals surface area contributed by atoms with Gasteiger partial charge >= 0.3 is 0 Å². The van der Waals surface area contributed by atoms with Crippen LogP contribution >= 0.6 is 0 Å². The van der Waals surface area contributed by atoms with E-state index in [-0.39, 0.29) is 0 Å². The van der Waals surface area contributed by atoms with Crippen molar-refractivity contribution in [3.8, 4) is 0 Å². The highest BCUT2D eigenvalue weighted by molar-refractivity contribution is 5.05. The predicted octanol–water partition coefficient (Wildman–Crippen LogP) is 1.19. The van der Waals surface area contributed by atoms with Gasteiger partial charge in [0, 0.05) is 26.2 Å². The van der Waals surface area contributed by atoms with E-state index in [0.717, 1.165) is 57.8 Å². The maximum atomic E-state index is 5.70. The zero-order valence-electron chi connectivity index (χ0n) is 11.4. The Hall–Kier alpha value is -0.980. The Balaban J connectivity index is 1.79. The van der Waals surface area contributed by atoms with Gasteiger partial charge in [-0.2, -0.15) is 4.98 Å². The Morgan fingerprint density at radius 3 is 2.68 bits per heavy atom. The molecule has 2 aliphatic heterocycles. The first-order valence-electron chi connectivity index (χ1n) is 7.02. The van der Waals surface area contributed by atoms with Gasteiger partial charge in [0.05, 0.1) is 0 Å². The maximum absolute atomic E-state index is 5.70. The summed E-state index contributed by atoms with van der Waals surface area (Å²) in [5.41, 5.74) is -0.401. The molecule has 0 aliphatic carbocycles. The second-order valence-corrected chi connectivity index (χ2v) is 5.29. The molecule has 0 atom stereocenters. The normalized spacial score (nSPS) is 24.5. The number of aromatic nitrogens is 2. The van der Waals surface area contributed by atoms with E-state index in [4.69, 9.17) is 14.0 Å². The standard InChI is InChI=1S/C13H21N3O3/c1-17-13(4-6-14-7-5-13)12-15-11(16-19-12)10-2-8-18-9-3-10/h10,14H,2-9H2,1H3. The largest absolute Gasteiger partial charge is 0.381 e. The van der Waals surface area contributed by atoms with Gasteiger partial charge in [-0.25, -0.2) is 0 Å². The molecule has 6 nitrogen and oxygen atoms in total. The number of hydrogen-bond donors (Lipinski definition) is 1. The lowest BCUT2D eigenvalue weighted by Gasteiger charge is -2.32. The average molecular weight is 267 g/mol. The fraction of sp³-hybridized carbons (Fsp3) is 0.846. The topological polar surface area (TPSA) is 69.4 Å². The third kappa shape index (κ3) is 2.52. The Morgan fingerprint density at radius 1 is 1.26 bits per heavy atom. The lowest BCUT2D eigenvalue weighted by Crippen LogP contribution is -2.41. The Kier molecular flexibility index (Phi) is 3.81. The van der Waals surface area contributed by atoms with Crippen molar-refractivity contribution in [2.45, 2.75) is 37.2 Å². The number of methoxy groups -OCH3 is 1. The molecule has 0 aromatic carbocycles. The number of hydrogen-bond acceptors (Lipinski definition) is 6. The molecule has 106 valence electrons. The summed E-state index contributed by atoms with van der Waals surface area (Å²) in [6.45, 7) is 3.41. The van der Waals surface area contributed by atoms with Crippen LogP contribution in [-0.2, 0) is 15.1 Å². The first kappa shape index (κ1) is 13.0. The van der Waals surface area contributed by atoms with Gasteiger partial charge in [-0.3, -0.25) is 0 Å². The summed E-state index contributed by atoms with van der Waals surface area (Å²) in [7, 11) is 1.73. The molecule has 1 aromatic rings. The fourth-order valence-corrected chi connectivity index (χ4v) is 2.88. The quantitative estimate of drug-likeness (QED) is 0.887. The van der Waals surface area contributed by atoms with Crippen molar-refractivity contribution in [1.82, 2.24) is 15.5 Å². The van der Waals surface area contributed by atoms with Gasteiger partial charge in [-0.05, 0) is 38.8 Å². The molecule has 0 spiro atoms. The van der Waals surface area contributed by atoms with Gasteiger partial charge in [0.2, 0.25) is 0 Å². The molecule has 0 saturated carbocycles. The van der Waals surface area contributed by atoms with Crippen LogP contribution in [0.2, 0.25) is 0 Å². The summed E-state index contributed by atoms with van der Waals surface area (Å²) in [5, 5.41) is 7.49. The van der Waals surface area contributed by atoms with Gasteiger partial charge in [0.15, 0.2) is 5.82 Å². The van der Waals surface area contributed by atoms with Crippen molar-refractivity contribution in [2.75, 3.05) is 33.4 Å². The first-order chi connectivity index (χ1) is 9.34. The third-order valence-electron chi connectivity index (χ3n) is 4.22. The molecule has 6 heteroatoms. The molecule has 1 N–H and O–H groups in total. The van der Waals surface area contributed by atoms with Gasteiger partial charge in [0.1, 0.15) is 5.60 Å². The lowest BCUT2D eigenvalue weighted by molar-refractivity contribution is -0.0622. The molecule has 0 radical (unpaired) electrons. The number of nitrogens with one attached hydrogen (secondary N) is 1. The van der Waals surface area contributed by atoms with Gasteiger partial charge in [-0.15, -0.1) is 0 Å². The maximum Gasteiger partial charge on any atom is 0.258 e. The van der Waals surface area contributed by atoms with E-state index in [1.165, 1.54) is 0 Å². The Morgan fingerprint density at radius 2 is 2.00 bits per heavy atom. The minimum atomic E-state index is -0.401. The molecule has 0 bridgehead atoms. The van der Waals surface area contributed by atoms with Crippen molar-refractivity contribution < 1.29 is 14.0 Å². The summed E-state index contributed by atoms with van der Waals surface area (Å²) in [6, 6.07) is 0. The van der Waals surface area contributed by atoms with Crippen LogP contribution in [0, 0.1) is 0 Å². The van der Waals surface area contributed by atoms with E-state index < -0.39 is 5.60 Å². The average Bonchev–Trinajstić information content (AvgIpc) is 2.99. The van der Waals surface area contributed by atoms with Crippen LogP contribution < -0.4 is 5.32 Å². The SMILES string of the molecule is COC1(c2nc(C3CCOCC3)no2)CCNCC1. The summed E-state index contributed by atoms with van der Waals surface area (Å²) < 4.78 is 16.6. The van der Waals surface area contributed by atoms with E-state index in [1.807, 2.05) is 0 Å². The van der Waals surface area contributed by atoms with Crippen LogP contribution in [0.5, 0.6) is 0 Å². The monoisotopic (exact) mass is 267 g/mol. The molecule has 2 saturated heterocycles. The summed E-state index contributed by atoms with van der Waals surface area (Å²) in [6.07, 6.45) is 3.69. The zero-order valence-corrected chi connectivity index (χ0v) is 11.4. The molecule has 0 amide bonds. The van der Waals surface area contributed by atoms with Crippen LogP contribution in [-0.4, -0.2) is 43.6 Å². The Bertz CT molecular complexity index is 409. The van der Waals surface area contributed by atoms with Crippen LogP contribution in [0.3, 0.4) is 0 Å². The molecule has 1 aromatic heterocycles. The highest BCUT2D eigenvalue weighted by Crippen LogP contribution is 2.34. The molecular formula is C13H21N3O3. The zero-order chi connectivity index (χ0) is 13.1. The summed E-state index contributed by atoms with van der Waals surface area (Å²) in [4.78, 5) is 4.61. The van der Waals surface area contributed by atoms with Gasteiger partial charge < -0.3 is 19.3 Å². The second-order valence-electron chi connectivity index (χ2n) is 5.29. The van der Waals surface area contributed by atoms with Crippen molar-refractivity contribution in [3.63, 3.8) is 0 Å². The molecule has 3 rings (SSSR count). The van der Waals surface area contributed by atoms with Crippen LogP contribution in [0.25, 0.3) is 0 Å². The third-order valence-corrected chi connectivity index (χ3v) is 4.22. The molecule has 2 fully saturated rings. The molecule has 3 heterocycles. The van der Waals surface area contributed by atoms with Crippen molar-refractivity contribution in [1.29, 1.82) is 0 Å². The molecule has 19 heavy (non-hydrogen) atoms. The summed E-state index contributed by atoms with van der Waals surface area (Å²) in [5.74, 6) is 1.81. The highest BCUT2D eigenvalue weighted by Gasteiger charge is 2.40. The minimum absolute atomic E-state index is 0.363. The number of nitrogens with zero attached hydrogens (tertiary/aromatic N) is 2. The van der Waals surface area contributed by atoms with Crippen LogP contribution in [0.15, 0.2) is 4.52 Å². The van der Waals surface area contributed by atoms with E-state index >= 15 is 0 Å². The number of ether oxygens (including phenoxy) is 2. The van der Waals surface area contributed by atoms with Gasteiger partial charge in [0.25, 0.3) is 5.89 Å². The summed E-state index contributed by atoms with van der Waals surface area (Å²) >= 11 is 0. The highest BCUT2D eigenvalue weighted by atomic mass is 16.5. The number of piperidine rings is 1. The van der Waals surface area contributed by atoms with E-state index in [0.29, 0.717) is 11.8 Å². The van der Waals surface area contributed by atoms with Crippen molar-refractivity contribution in [2.24, 2.45) is 0 Å². The smallest absolute Gasteiger partial charge is 0.258 e.